The highest BCUT2D eigenvalue weighted by Crippen LogP contribution is 2.19. The first-order chi connectivity index (χ1) is 13.0. The van der Waals surface area contributed by atoms with Crippen LogP contribution in [0.5, 0.6) is 0 Å². The third-order valence-corrected chi connectivity index (χ3v) is 4.91. The number of nitrogens with one attached hydrogen (secondary N) is 2. The summed E-state index contributed by atoms with van der Waals surface area (Å²) >= 11 is 0. The van der Waals surface area contributed by atoms with E-state index in [9.17, 15) is 31.2 Å². The Labute approximate surface area is 158 Å². The fourth-order valence-corrected chi connectivity index (χ4v) is 3.18. The van der Waals surface area contributed by atoms with Crippen molar-refractivity contribution >= 4 is 27.5 Å². The molecule has 0 heterocycles. The minimum atomic E-state index is -5.08. The summed E-state index contributed by atoms with van der Waals surface area (Å²) in [5.74, 6) is -3.12. The van der Waals surface area contributed by atoms with Gasteiger partial charge >= 0.3 is 12.1 Å². The van der Waals surface area contributed by atoms with Crippen molar-refractivity contribution in [3.05, 3.63) is 60.2 Å². The number of anilines is 1. The predicted octanol–water partition coefficient (Wildman–Crippen LogP) is 1.56. The van der Waals surface area contributed by atoms with E-state index >= 15 is 0 Å². The zero-order valence-corrected chi connectivity index (χ0v) is 15.0. The fourth-order valence-electron chi connectivity index (χ4n) is 2.15. The molecule has 2 amide bonds. The van der Waals surface area contributed by atoms with Gasteiger partial charge in [0.1, 0.15) is 0 Å². The van der Waals surface area contributed by atoms with Gasteiger partial charge in [-0.15, -0.1) is 0 Å². The van der Waals surface area contributed by atoms with Crippen molar-refractivity contribution in [3.8, 4) is 0 Å². The third kappa shape index (κ3) is 5.79. The van der Waals surface area contributed by atoms with Crippen molar-refractivity contribution in [1.82, 2.24) is 4.72 Å². The largest absolute Gasteiger partial charge is 0.471 e. The van der Waals surface area contributed by atoms with Crippen LogP contribution in [0.1, 0.15) is 5.56 Å². The number of carbonyl (C=O) groups is 2. The Balaban J connectivity index is 2.03. The minimum absolute atomic E-state index is 0.116. The lowest BCUT2D eigenvalue weighted by Gasteiger charge is -2.13. The Kier molecular flexibility index (Phi) is 6.41. The molecule has 0 aliphatic rings. The summed E-state index contributed by atoms with van der Waals surface area (Å²) in [7, 11) is -4.28. The molecule has 0 saturated carbocycles. The number of amides is 2. The van der Waals surface area contributed by atoms with E-state index in [2.05, 4.69) is 0 Å². The van der Waals surface area contributed by atoms with Crippen LogP contribution < -0.4 is 15.8 Å². The van der Waals surface area contributed by atoms with Gasteiger partial charge in [0.05, 0.1) is 10.9 Å². The van der Waals surface area contributed by atoms with Crippen LogP contribution >= 0.6 is 0 Å². The van der Waals surface area contributed by atoms with Gasteiger partial charge in [0.15, 0.2) is 0 Å². The smallest absolute Gasteiger partial charge is 0.320 e. The number of sulfonamides is 1. The van der Waals surface area contributed by atoms with Gasteiger partial charge in [-0.25, -0.2) is 13.1 Å². The molecule has 1 unspecified atom stereocenters. The lowest BCUT2D eigenvalue weighted by Crippen LogP contribution is -2.44. The first-order valence-corrected chi connectivity index (χ1v) is 9.32. The molecule has 2 aromatic rings. The standard InChI is InChI=1S/C17H16F3N3O4S/c18-17(19,20)16(25)22-12-6-8-13(9-7-12)28(26,27)23-15(24)14(21)10-11-4-2-1-3-5-11/h1-9,14H,10,21H2,(H,22,25)(H,23,24). The number of nitrogens with two attached hydrogens (primary N) is 1. The molecule has 1 atom stereocenters. The van der Waals surface area contributed by atoms with Gasteiger partial charge < -0.3 is 11.1 Å². The van der Waals surface area contributed by atoms with E-state index in [1.54, 1.807) is 35.6 Å². The van der Waals surface area contributed by atoms with E-state index in [1.807, 2.05) is 4.72 Å². The van der Waals surface area contributed by atoms with Crippen LogP contribution in [0.15, 0.2) is 59.5 Å². The van der Waals surface area contributed by atoms with Gasteiger partial charge in [-0.1, -0.05) is 30.3 Å². The van der Waals surface area contributed by atoms with Crippen molar-refractivity contribution < 1.29 is 31.2 Å². The van der Waals surface area contributed by atoms with Gasteiger partial charge in [-0.3, -0.25) is 9.59 Å². The highest BCUT2D eigenvalue weighted by molar-refractivity contribution is 7.90. The number of hydrogen-bond acceptors (Lipinski definition) is 5. The average Bonchev–Trinajstić information content (AvgIpc) is 2.61. The molecule has 2 rings (SSSR count). The van der Waals surface area contributed by atoms with Gasteiger partial charge in [-0.05, 0) is 36.2 Å². The number of rotatable bonds is 6. The van der Waals surface area contributed by atoms with Crippen molar-refractivity contribution in [2.75, 3.05) is 5.32 Å². The Bertz CT molecular complexity index is 946. The fraction of sp³-hybridized carbons (Fsp3) is 0.176. The van der Waals surface area contributed by atoms with Crippen LogP contribution in [0.2, 0.25) is 0 Å². The monoisotopic (exact) mass is 415 g/mol. The number of carbonyl (C=O) groups excluding carboxylic acids is 2. The second-order valence-electron chi connectivity index (χ2n) is 5.74. The Hall–Kier alpha value is -2.92. The first kappa shape index (κ1) is 21.4. The molecule has 0 bridgehead atoms. The summed E-state index contributed by atoms with van der Waals surface area (Å²) in [4.78, 5) is 22.5. The average molecular weight is 415 g/mol. The summed E-state index contributed by atoms with van der Waals surface area (Å²) in [5.41, 5.74) is 6.21. The molecule has 0 spiro atoms. The van der Waals surface area contributed by atoms with Crippen LogP contribution in [0.25, 0.3) is 0 Å². The molecule has 4 N–H and O–H groups in total. The van der Waals surface area contributed by atoms with E-state index in [-0.39, 0.29) is 17.0 Å². The number of benzene rings is 2. The molecule has 0 aromatic heterocycles. The molecule has 0 aliphatic heterocycles. The van der Waals surface area contributed by atoms with Gasteiger partial charge in [0.2, 0.25) is 0 Å². The van der Waals surface area contributed by atoms with E-state index in [0.29, 0.717) is 0 Å². The topological polar surface area (TPSA) is 118 Å². The van der Waals surface area contributed by atoms with Crippen molar-refractivity contribution in [2.45, 2.75) is 23.5 Å². The SMILES string of the molecule is NC(Cc1ccccc1)C(=O)NS(=O)(=O)c1ccc(NC(=O)C(F)(F)F)cc1. The van der Waals surface area contributed by atoms with E-state index < -0.39 is 34.1 Å². The van der Waals surface area contributed by atoms with Crippen molar-refractivity contribution in [2.24, 2.45) is 5.73 Å². The maximum atomic E-state index is 12.2. The molecule has 28 heavy (non-hydrogen) atoms. The van der Waals surface area contributed by atoms with Crippen LogP contribution in [0.3, 0.4) is 0 Å². The molecule has 2 aromatic carbocycles. The molecule has 150 valence electrons. The van der Waals surface area contributed by atoms with Crippen molar-refractivity contribution in [1.29, 1.82) is 0 Å². The van der Waals surface area contributed by atoms with Crippen LogP contribution in [0, 0.1) is 0 Å². The quantitative estimate of drug-likeness (QED) is 0.662. The second kappa shape index (κ2) is 8.40. The van der Waals surface area contributed by atoms with Crippen LogP contribution in [-0.2, 0) is 26.0 Å². The van der Waals surface area contributed by atoms with E-state index in [0.717, 1.165) is 29.8 Å². The summed E-state index contributed by atoms with van der Waals surface area (Å²) in [5, 5.41) is 1.58. The molecule has 0 radical (unpaired) electrons. The van der Waals surface area contributed by atoms with E-state index in [4.69, 9.17) is 5.73 Å². The Morgan fingerprint density at radius 1 is 1.00 bits per heavy atom. The zero-order chi connectivity index (χ0) is 20.9. The number of halogens is 3. The Morgan fingerprint density at radius 2 is 1.57 bits per heavy atom. The zero-order valence-electron chi connectivity index (χ0n) is 14.2. The molecule has 0 fully saturated rings. The maximum absolute atomic E-state index is 12.2. The highest BCUT2D eigenvalue weighted by Gasteiger charge is 2.38. The summed E-state index contributed by atoms with van der Waals surface area (Å²) in [6.45, 7) is 0. The molecular weight excluding hydrogens is 399 g/mol. The minimum Gasteiger partial charge on any atom is -0.320 e. The molecule has 7 nitrogen and oxygen atoms in total. The third-order valence-electron chi connectivity index (χ3n) is 3.55. The normalized spacial score (nSPS) is 12.9. The maximum Gasteiger partial charge on any atom is 0.471 e. The second-order valence-corrected chi connectivity index (χ2v) is 7.42. The van der Waals surface area contributed by atoms with Crippen LogP contribution in [0.4, 0.5) is 18.9 Å². The Morgan fingerprint density at radius 3 is 2.11 bits per heavy atom. The van der Waals surface area contributed by atoms with Crippen LogP contribution in [-0.4, -0.2) is 32.5 Å². The van der Waals surface area contributed by atoms with Gasteiger partial charge in [0.25, 0.3) is 15.9 Å². The summed E-state index contributed by atoms with van der Waals surface area (Å²) in [6.07, 6.45) is -4.96. The van der Waals surface area contributed by atoms with Gasteiger partial charge in [-0.2, -0.15) is 13.2 Å². The lowest BCUT2D eigenvalue weighted by molar-refractivity contribution is -0.167. The molecular formula is C17H16F3N3O4S. The first-order valence-electron chi connectivity index (χ1n) is 7.83. The summed E-state index contributed by atoms with van der Waals surface area (Å²) in [6, 6.07) is 11.4. The van der Waals surface area contributed by atoms with E-state index in [1.165, 1.54) is 0 Å². The summed E-state index contributed by atoms with van der Waals surface area (Å²) < 4.78 is 62.9. The lowest BCUT2D eigenvalue weighted by atomic mass is 10.1. The molecule has 11 heteroatoms. The molecule has 0 aliphatic carbocycles. The molecule has 0 saturated heterocycles. The predicted molar refractivity (Wildman–Crippen MR) is 94.6 cm³/mol. The van der Waals surface area contributed by atoms with Gasteiger partial charge in [0, 0.05) is 5.69 Å². The number of hydrogen-bond donors (Lipinski definition) is 3. The number of alkyl halides is 3. The van der Waals surface area contributed by atoms with Crippen molar-refractivity contribution in [3.63, 3.8) is 0 Å². The highest BCUT2D eigenvalue weighted by atomic mass is 32.2.